The molecule has 0 radical (unpaired) electrons. The lowest BCUT2D eigenvalue weighted by Gasteiger charge is -2.29. The number of amides is 1. The average Bonchev–Trinajstić information content (AvgIpc) is 3.04. The van der Waals surface area contributed by atoms with Crippen molar-refractivity contribution in [1.82, 2.24) is 10.6 Å². The van der Waals surface area contributed by atoms with Gasteiger partial charge < -0.3 is 10.6 Å². The average molecular weight is 318 g/mol. The van der Waals surface area contributed by atoms with Gasteiger partial charge in [-0.05, 0) is 56.8 Å². The molecular formula is C18H26N2OS. The van der Waals surface area contributed by atoms with Crippen molar-refractivity contribution in [3.05, 3.63) is 30.3 Å². The van der Waals surface area contributed by atoms with E-state index < -0.39 is 0 Å². The van der Waals surface area contributed by atoms with E-state index in [-0.39, 0.29) is 10.7 Å². The molecule has 1 saturated heterocycles. The normalized spacial score (nSPS) is 24.1. The molecule has 4 heteroatoms. The van der Waals surface area contributed by atoms with Gasteiger partial charge in [0, 0.05) is 11.4 Å². The van der Waals surface area contributed by atoms with E-state index in [0.717, 1.165) is 45.3 Å². The quantitative estimate of drug-likeness (QED) is 0.876. The van der Waals surface area contributed by atoms with Gasteiger partial charge in [-0.2, -0.15) is 0 Å². The lowest BCUT2D eigenvalue weighted by atomic mass is 9.99. The summed E-state index contributed by atoms with van der Waals surface area (Å²) in [5.74, 6) is 0.849. The Morgan fingerprint density at radius 3 is 2.68 bits per heavy atom. The second-order valence-electron chi connectivity index (χ2n) is 6.54. The standard InChI is InChI=1S/C18H26N2OS/c21-17(20-14-15-7-6-12-19-13-15)18(10-4-5-11-18)22-16-8-2-1-3-9-16/h1-3,8-9,15,19H,4-7,10-14H2,(H,20,21). The lowest BCUT2D eigenvalue weighted by Crippen LogP contribution is -2.46. The Hall–Kier alpha value is -1.00. The van der Waals surface area contributed by atoms with Crippen LogP contribution in [0.5, 0.6) is 0 Å². The van der Waals surface area contributed by atoms with Crippen LogP contribution in [0.15, 0.2) is 35.2 Å². The minimum atomic E-state index is -0.247. The van der Waals surface area contributed by atoms with E-state index in [1.54, 1.807) is 11.8 Å². The van der Waals surface area contributed by atoms with E-state index in [1.165, 1.54) is 17.7 Å². The largest absolute Gasteiger partial charge is 0.355 e. The molecule has 3 rings (SSSR count). The molecule has 3 nitrogen and oxygen atoms in total. The number of thioether (sulfide) groups is 1. The van der Waals surface area contributed by atoms with E-state index in [1.807, 2.05) is 6.07 Å². The molecule has 1 aliphatic carbocycles. The lowest BCUT2D eigenvalue weighted by molar-refractivity contribution is -0.123. The number of nitrogens with one attached hydrogen (secondary N) is 2. The maximum atomic E-state index is 12.9. The summed E-state index contributed by atoms with van der Waals surface area (Å²) >= 11 is 1.77. The molecule has 1 saturated carbocycles. The third kappa shape index (κ3) is 3.85. The number of piperidine rings is 1. The van der Waals surface area contributed by atoms with Crippen LogP contribution < -0.4 is 10.6 Å². The second-order valence-corrected chi connectivity index (χ2v) is 8.00. The maximum absolute atomic E-state index is 12.9. The van der Waals surface area contributed by atoms with Crippen LogP contribution in [-0.4, -0.2) is 30.3 Å². The van der Waals surface area contributed by atoms with Crippen molar-refractivity contribution in [3.8, 4) is 0 Å². The van der Waals surface area contributed by atoms with Gasteiger partial charge >= 0.3 is 0 Å². The van der Waals surface area contributed by atoms with Crippen LogP contribution in [0.2, 0.25) is 0 Å². The van der Waals surface area contributed by atoms with E-state index in [9.17, 15) is 4.79 Å². The van der Waals surface area contributed by atoms with Crippen LogP contribution in [-0.2, 0) is 4.79 Å². The minimum absolute atomic E-state index is 0.247. The summed E-state index contributed by atoms with van der Waals surface area (Å²) < 4.78 is -0.247. The highest BCUT2D eigenvalue weighted by Gasteiger charge is 2.42. The van der Waals surface area contributed by atoms with Crippen LogP contribution in [0.4, 0.5) is 0 Å². The number of rotatable bonds is 5. The second kappa shape index (κ2) is 7.51. The fourth-order valence-electron chi connectivity index (χ4n) is 3.53. The monoisotopic (exact) mass is 318 g/mol. The molecule has 1 aromatic rings. The summed E-state index contributed by atoms with van der Waals surface area (Å²) in [6.07, 6.45) is 6.79. The summed E-state index contributed by atoms with van der Waals surface area (Å²) in [5, 5.41) is 6.68. The zero-order valence-corrected chi connectivity index (χ0v) is 14.0. The van der Waals surface area contributed by atoms with Crippen molar-refractivity contribution in [2.75, 3.05) is 19.6 Å². The molecule has 1 unspecified atom stereocenters. The first kappa shape index (κ1) is 15.9. The smallest absolute Gasteiger partial charge is 0.236 e. The van der Waals surface area contributed by atoms with Gasteiger partial charge in [0.05, 0.1) is 4.75 Å². The molecule has 120 valence electrons. The molecule has 0 spiro atoms. The molecular weight excluding hydrogens is 292 g/mol. The van der Waals surface area contributed by atoms with Crippen molar-refractivity contribution in [2.24, 2.45) is 5.92 Å². The third-order valence-electron chi connectivity index (χ3n) is 4.83. The van der Waals surface area contributed by atoms with Crippen LogP contribution in [0.3, 0.4) is 0 Å². The number of carbonyl (C=O) groups excluding carboxylic acids is 1. The molecule has 1 aliphatic heterocycles. The molecule has 0 aromatic heterocycles. The van der Waals surface area contributed by atoms with Crippen LogP contribution >= 0.6 is 11.8 Å². The van der Waals surface area contributed by atoms with Crippen LogP contribution in [0, 0.1) is 5.92 Å². The summed E-state index contributed by atoms with van der Waals surface area (Å²) in [6, 6.07) is 10.4. The summed E-state index contributed by atoms with van der Waals surface area (Å²) in [6.45, 7) is 2.99. The first-order valence-corrected chi connectivity index (χ1v) is 9.33. The van der Waals surface area contributed by atoms with Crippen molar-refractivity contribution >= 4 is 17.7 Å². The molecule has 22 heavy (non-hydrogen) atoms. The van der Waals surface area contributed by atoms with Crippen molar-refractivity contribution < 1.29 is 4.79 Å². The Bertz CT molecular complexity index is 479. The Morgan fingerprint density at radius 1 is 1.23 bits per heavy atom. The van der Waals surface area contributed by atoms with E-state index in [2.05, 4.69) is 34.9 Å². The van der Waals surface area contributed by atoms with Gasteiger partial charge in [0.15, 0.2) is 0 Å². The fraction of sp³-hybridized carbons (Fsp3) is 0.611. The van der Waals surface area contributed by atoms with Gasteiger partial charge in [0.25, 0.3) is 0 Å². The van der Waals surface area contributed by atoms with E-state index in [0.29, 0.717) is 5.92 Å². The highest BCUT2D eigenvalue weighted by Crippen LogP contribution is 2.45. The van der Waals surface area contributed by atoms with Gasteiger partial charge in [-0.3, -0.25) is 4.79 Å². The Kier molecular flexibility index (Phi) is 5.42. The number of carbonyl (C=O) groups is 1. The zero-order valence-electron chi connectivity index (χ0n) is 13.1. The molecule has 0 bridgehead atoms. The highest BCUT2D eigenvalue weighted by molar-refractivity contribution is 8.01. The SMILES string of the molecule is O=C(NCC1CCCNC1)C1(Sc2ccccc2)CCCC1. The third-order valence-corrected chi connectivity index (χ3v) is 6.32. The van der Waals surface area contributed by atoms with Crippen LogP contribution in [0.1, 0.15) is 38.5 Å². The van der Waals surface area contributed by atoms with Crippen molar-refractivity contribution in [3.63, 3.8) is 0 Å². The Labute approximate surface area is 137 Å². The van der Waals surface area contributed by atoms with Gasteiger partial charge in [0.2, 0.25) is 5.91 Å². The Morgan fingerprint density at radius 2 is 2.00 bits per heavy atom. The summed E-state index contributed by atoms with van der Waals surface area (Å²) in [4.78, 5) is 14.1. The first-order valence-electron chi connectivity index (χ1n) is 8.52. The fourth-order valence-corrected chi connectivity index (χ4v) is 4.93. The molecule has 1 aromatic carbocycles. The van der Waals surface area contributed by atoms with Gasteiger partial charge in [-0.1, -0.05) is 31.0 Å². The first-order chi connectivity index (χ1) is 10.8. The number of hydrogen-bond acceptors (Lipinski definition) is 3. The zero-order chi connectivity index (χ0) is 15.3. The van der Waals surface area contributed by atoms with Gasteiger partial charge in [0.1, 0.15) is 0 Å². The van der Waals surface area contributed by atoms with Crippen LogP contribution in [0.25, 0.3) is 0 Å². The highest BCUT2D eigenvalue weighted by atomic mass is 32.2. The molecule has 1 heterocycles. The number of benzene rings is 1. The van der Waals surface area contributed by atoms with Gasteiger partial charge in [-0.15, -0.1) is 11.8 Å². The Balaban J connectivity index is 1.61. The maximum Gasteiger partial charge on any atom is 0.236 e. The minimum Gasteiger partial charge on any atom is -0.355 e. The van der Waals surface area contributed by atoms with E-state index >= 15 is 0 Å². The van der Waals surface area contributed by atoms with Crippen molar-refractivity contribution in [2.45, 2.75) is 48.2 Å². The summed E-state index contributed by atoms with van der Waals surface area (Å²) in [7, 11) is 0. The molecule has 1 atom stereocenters. The van der Waals surface area contributed by atoms with Gasteiger partial charge in [-0.25, -0.2) is 0 Å². The predicted molar refractivity (Wildman–Crippen MR) is 92.1 cm³/mol. The predicted octanol–water partition coefficient (Wildman–Crippen LogP) is 3.21. The van der Waals surface area contributed by atoms with E-state index in [4.69, 9.17) is 0 Å². The summed E-state index contributed by atoms with van der Waals surface area (Å²) in [5.41, 5.74) is 0. The van der Waals surface area contributed by atoms with Crippen molar-refractivity contribution in [1.29, 1.82) is 0 Å². The molecule has 2 N–H and O–H groups in total. The molecule has 2 aliphatic rings. The number of hydrogen-bond donors (Lipinski definition) is 2. The molecule has 2 fully saturated rings. The molecule has 1 amide bonds. The topological polar surface area (TPSA) is 41.1 Å².